The molecule has 3 N–H and O–H groups in total. The fraction of sp³-hybridized carbons (Fsp3) is 0.125. The molecule has 0 saturated heterocycles. The first-order valence-corrected chi connectivity index (χ1v) is 5.34. The second-order valence-electron chi connectivity index (χ2n) is 2.85. The summed E-state index contributed by atoms with van der Waals surface area (Å²) in [5.41, 5.74) is 4.74. The number of amides is 1. The highest BCUT2D eigenvalue weighted by Crippen LogP contribution is 2.21. The Balaban J connectivity index is 3.23. The molecule has 1 aromatic rings. The molecule has 0 aliphatic carbocycles. The Kier molecular flexibility index (Phi) is 3.06. The van der Waals surface area contributed by atoms with Gasteiger partial charge in [-0.25, -0.2) is 4.39 Å². The summed E-state index contributed by atoms with van der Waals surface area (Å²) in [6.07, 6.45) is 0. The van der Waals surface area contributed by atoms with Crippen LogP contribution in [0.3, 0.4) is 0 Å². The molecule has 1 amide bonds. The van der Waals surface area contributed by atoms with Gasteiger partial charge in [0, 0.05) is 0 Å². The SMILES string of the molecule is NC(=O)C(c1ccc(F)cc1)S(=O)(=O)O. The van der Waals surface area contributed by atoms with Crippen molar-refractivity contribution < 1.29 is 22.2 Å². The van der Waals surface area contributed by atoms with Crippen LogP contribution < -0.4 is 5.73 Å². The van der Waals surface area contributed by atoms with Crippen LogP contribution in [0.2, 0.25) is 0 Å². The van der Waals surface area contributed by atoms with E-state index in [-0.39, 0.29) is 5.56 Å². The van der Waals surface area contributed by atoms with Crippen LogP contribution in [0, 0.1) is 5.82 Å². The van der Waals surface area contributed by atoms with Crippen LogP contribution in [-0.4, -0.2) is 18.9 Å². The molecule has 0 heterocycles. The number of nitrogens with two attached hydrogens (primary N) is 1. The van der Waals surface area contributed by atoms with Crippen molar-refractivity contribution in [1.29, 1.82) is 0 Å². The zero-order valence-corrected chi connectivity index (χ0v) is 8.24. The van der Waals surface area contributed by atoms with Crippen molar-refractivity contribution in [3.8, 4) is 0 Å². The summed E-state index contributed by atoms with van der Waals surface area (Å²) in [6, 6.07) is 4.07. The highest BCUT2D eigenvalue weighted by molar-refractivity contribution is 7.86. The number of primary amides is 1. The number of carbonyl (C=O) groups excluding carboxylic acids is 1. The molecule has 5 nitrogen and oxygen atoms in total. The molecule has 0 aliphatic rings. The lowest BCUT2D eigenvalue weighted by Crippen LogP contribution is -2.28. The van der Waals surface area contributed by atoms with Gasteiger partial charge >= 0.3 is 0 Å². The third-order valence-corrected chi connectivity index (χ3v) is 2.83. The van der Waals surface area contributed by atoms with E-state index in [1.807, 2.05) is 0 Å². The van der Waals surface area contributed by atoms with Gasteiger partial charge in [0.05, 0.1) is 0 Å². The average Bonchev–Trinajstić information content (AvgIpc) is 2.05. The van der Waals surface area contributed by atoms with Crippen LogP contribution in [0.15, 0.2) is 24.3 Å². The topological polar surface area (TPSA) is 97.5 Å². The molecular formula is C8H8FNO4S. The molecule has 15 heavy (non-hydrogen) atoms. The van der Waals surface area contributed by atoms with E-state index >= 15 is 0 Å². The molecule has 7 heteroatoms. The minimum absolute atomic E-state index is 0.0774. The molecule has 1 unspecified atom stereocenters. The number of halogens is 1. The minimum atomic E-state index is -4.63. The summed E-state index contributed by atoms with van der Waals surface area (Å²) in [6.45, 7) is 0. The van der Waals surface area contributed by atoms with Crippen molar-refractivity contribution in [2.45, 2.75) is 5.25 Å². The van der Waals surface area contributed by atoms with Gasteiger partial charge < -0.3 is 5.73 Å². The Morgan fingerprint density at radius 1 is 1.33 bits per heavy atom. The quantitative estimate of drug-likeness (QED) is 0.730. The van der Waals surface area contributed by atoms with Crippen molar-refractivity contribution in [3.05, 3.63) is 35.6 Å². The molecule has 1 rings (SSSR count). The van der Waals surface area contributed by atoms with Crippen LogP contribution in [0.4, 0.5) is 4.39 Å². The zero-order chi connectivity index (χ0) is 11.6. The number of carbonyl (C=O) groups is 1. The van der Waals surface area contributed by atoms with E-state index in [0.717, 1.165) is 24.3 Å². The summed E-state index contributed by atoms with van der Waals surface area (Å²) in [5.74, 6) is -1.80. The van der Waals surface area contributed by atoms with Crippen molar-refractivity contribution >= 4 is 16.0 Å². The zero-order valence-electron chi connectivity index (χ0n) is 7.42. The van der Waals surface area contributed by atoms with Gasteiger partial charge in [-0.2, -0.15) is 8.42 Å². The number of hydrogen-bond acceptors (Lipinski definition) is 3. The van der Waals surface area contributed by atoms with E-state index < -0.39 is 27.1 Å². The average molecular weight is 233 g/mol. The van der Waals surface area contributed by atoms with Crippen molar-refractivity contribution in [2.24, 2.45) is 5.73 Å². The molecule has 0 fully saturated rings. The molecule has 1 aromatic carbocycles. The monoisotopic (exact) mass is 233 g/mol. The first kappa shape index (κ1) is 11.6. The van der Waals surface area contributed by atoms with Gasteiger partial charge in [0.25, 0.3) is 10.1 Å². The van der Waals surface area contributed by atoms with Crippen LogP contribution in [0.1, 0.15) is 10.8 Å². The summed E-state index contributed by atoms with van der Waals surface area (Å²) in [4.78, 5) is 10.8. The van der Waals surface area contributed by atoms with Gasteiger partial charge in [-0.1, -0.05) is 12.1 Å². The first-order valence-electron chi connectivity index (χ1n) is 3.83. The molecule has 82 valence electrons. The van der Waals surface area contributed by atoms with Crippen molar-refractivity contribution in [1.82, 2.24) is 0 Å². The summed E-state index contributed by atoms with van der Waals surface area (Å²) in [7, 11) is -4.63. The Morgan fingerprint density at radius 3 is 2.13 bits per heavy atom. The minimum Gasteiger partial charge on any atom is -0.368 e. The lowest BCUT2D eigenvalue weighted by atomic mass is 10.1. The smallest absolute Gasteiger partial charge is 0.281 e. The predicted molar refractivity (Wildman–Crippen MR) is 49.9 cm³/mol. The van der Waals surface area contributed by atoms with Crippen molar-refractivity contribution in [3.63, 3.8) is 0 Å². The fourth-order valence-electron chi connectivity index (χ4n) is 1.12. The number of rotatable bonds is 3. The largest absolute Gasteiger partial charge is 0.368 e. The number of hydrogen-bond donors (Lipinski definition) is 2. The third-order valence-electron chi connectivity index (χ3n) is 1.73. The van der Waals surface area contributed by atoms with Gasteiger partial charge in [-0.15, -0.1) is 0 Å². The van der Waals surface area contributed by atoms with Gasteiger partial charge in [-0.3, -0.25) is 9.35 Å². The lowest BCUT2D eigenvalue weighted by molar-refractivity contribution is -0.117. The maximum absolute atomic E-state index is 12.5. The van der Waals surface area contributed by atoms with E-state index in [1.54, 1.807) is 0 Å². The summed E-state index contributed by atoms with van der Waals surface area (Å²) >= 11 is 0. The second-order valence-corrected chi connectivity index (χ2v) is 4.35. The van der Waals surface area contributed by atoms with E-state index in [0.29, 0.717) is 0 Å². The van der Waals surface area contributed by atoms with Gasteiger partial charge in [0.1, 0.15) is 5.82 Å². The number of benzene rings is 1. The highest BCUT2D eigenvalue weighted by atomic mass is 32.2. The molecule has 0 bridgehead atoms. The lowest BCUT2D eigenvalue weighted by Gasteiger charge is -2.09. The van der Waals surface area contributed by atoms with E-state index in [4.69, 9.17) is 10.3 Å². The summed E-state index contributed by atoms with van der Waals surface area (Å²) < 4.78 is 42.9. The fourth-order valence-corrected chi connectivity index (χ4v) is 1.92. The van der Waals surface area contributed by atoms with E-state index in [1.165, 1.54) is 0 Å². The molecule has 0 spiro atoms. The van der Waals surface area contributed by atoms with Gasteiger partial charge in [-0.05, 0) is 17.7 Å². The Morgan fingerprint density at radius 2 is 1.80 bits per heavy atom. The third kappa shape index (κ3) is 2.74. The molecule has 0 aliphatic heterocycles. The standard InChI is InChI=1S/C8H8FNO4S/c9-6-3-1-5(2-4-6)7(8(10)11)15(12,13)14/h1-4,7H,(H2,10,11)(H,12,13,14). The van der Waals surface area contributed by atoms with Crippen LogP contribution in [-0.2, 0) is 14.9 Å². The van der Waals surface area contributed by atoms with E-state index in [9.17, 15) is 17.6 Å². The Labute approximate surface area is 85.5 Å². The first-order chi connectivity index (χ1) is 6.82. The normalized spacial score (nSPS) is 13.5. The molecule has 1 atom stereocenters. The molecule has 0 radical (unpaired) electrons. The molecule has 0 saturated carbocycles. The van der Waals surface area contributed by atoms with Crippen molar-refractivity contribution in [2.75, 3.05) is 0 Å². The molecular weight excluding hydrogens is 225 g/mol. The second kappa shape index (κ2) is 3.95. The maximum Gasteiger partial charge on any atom is 0.281 e. The summed E-state index contributed by atoms with van der Waals surface area (Å²) in [5, 5.41) is -1.86. The van der Waals surface area contributed by atoms with Crippen LogP contribution >= 0.6 is 0 Å². The Hall–Kier alpha value is -1.47. The van der Waals surface area contributed by atoms with E-state index in [2.05, 4.69) is 0 Å². The van der Waals surface area contributed by atoms with Gasteiger partial charge in [0.15, 0.2) is 5.25 Å². The highest BCUT2D eigenvalue weighted by Gasteiger charge is 2.30. The van der Waals surface area contributed by atoms with Crippen LogP contribution in [0.5, 0.6) is 0 Å². The maximum atomic E-state index is 12.5. The Bertz CT molecular complexity index is 468. The molecule has 0 aromatic heterocycles. The predicted octanol–water partition coefficient (Wildman–Crippen LogP) is 0.240. The van der Waals surface area contributed by atoms with Crippen LogP contribution in [0.25, 0.3) is 0 Å². The van der Waals surface area contributed by atoms with Gasteiger partial charge in [0.2, 0.25) is 5.91 Å².